The fraction of sp³-hybridized carbons (Fsp3) is 0.500. The van der Waals surface area contributed by atoms with Gasteiger partial charge in [0.05, 0.1) is 11.6 Å². The molecule has 2 rings (SSSR count). The molecule has 1 aliphatic carbocycles. The number of rotatable bonds is 3. The van der Waals surface area contributed by atoms with E-state index in [4.69, 9.17) is 16.9 Å². The maximum Gasteiger partial charge on any atom is 0.0992 e. The first-order chi connectivity index (χ1) is 8.29. The molecule has 2 nitrogen and oxygen atoms in total. The van der Waals surface area contributed by atoms with Gasteiger partial charge in [0.15, 0.2) is 0 Å². The molecule has 0 bridgehead atoms. The molecule has 0 saturated heterocycles. The average molecular weight is 249 g/mol. The van der Waals surface area contributed by atoms with Crippen molar-refractivity contribution in [3.8, 4) is 6.07 Å². The van der Waals surface area contributed by atoms with Crippen molar-refractivity contribution < 1.29 is 0 Å². The van der Waals surface area contributed by atoms with Crippen molar-refractivity contribution in [3.63, 3.8) is 0 Å². The highest BCUT2D eigenvalue weighted by Gasteiger charge is 2.12. The molecule has 3 heteroatoms. The summed E-state index contributed by atoms with van der Waals surface area (Å²) in [4.78, 5) is 0. The van der Waals surface area contributed by atoms with Gasteiger partial charge in [0, 0.05) is 17.6 Å². The molecule has 1 aliphatic rings. The highest BCUT2D eigenvalue weighted by Crippen LogP contribution is 2.20. The minimum atomic E-state index is 0.622. The number of benzene rings is 1. The molecule has 1 N–H and O–H groups in total. The summed E-state index contributed by atoms with van der Waals surface area (Å²) in [6.07, 6.45) is 6.58. The van der Waals surface area contributed by atoms with Gasteiger partial charge < -0.3 is 5.32 Å². The number of halogens is 1. The van der Waals surface area contributed by atoms with E-state index in [-0.39, 0.29) is 0 Å². The van der Waals surface area contributed by atoms with Crippen LogP contribution in [-0.2, 0) is 6.54 Å². The average Bonchev–Trinajstić information content (AvgIpc) is 2.38. The van der Waals surface area contributed by atoms with Crippen molar-refractivity contribution in [3.05, 3.63) is 34.3 Å². The van der Waals surface area contributed by atoms with E-state index in [1.807, 2.05) is 12.1 Å². The summed E-state index contributed by atoms with van der Waals surface area (Å²) in [6.45, 7) is 0.801. The number of hydrogen-bond acceptors (Lipinski definition) is 2. The third-order valence-corrected chi connectivity index (χ3v) is 3.72. The maximum absolute atomic E-state index is 8.76. The third-order valence-electron chi connectivity index (χ3n) is 3.37. The first kappa shape index (κ1) is 12.4. The van der Waals surface area contributed by atoms with Crippen molar-refractivity contribution in [1.29, 1.82) is 5.26 Å². The van der Waals surface area contributed by atoms with Gasteiger partial charge in [0.1, 0.15) is 0 Å². The van der Waals surface area contributed by atoms with Crippen LogP contribution in [0.3, 0.4) is 0 Å². The van der Waals surface area contributed by atoms with Crippen LogP contribution in [-0.4, -0.2) is 6.04 Å². The Morgan fingerprint density at radius 1 is 1.29 bits per heavy atom. The van der Waals surface area contributed by atoms with E-state index in [1.165, 1.54) is 32.1 Å². The second-order valence-corrected chi connectivity index (χ2v) is 5.04. The fourth-order valence-electron chi connectivity index (χ4n) is 2.32. The quantitative estimate of drug-likeness (QED) is 0.887. The maximum atomic E-state index is 8.76. The van der Waals surface area contributed by atoms with Crippen molar-refractivity contribution in [2.24, 2.45) is 0 Å². The highest BCUT2D eigenvalue weighted by atomic mass is 35.5. The van der Waals surface area contributed by atoms with E-state index in [0.29, 0.717) is 16.6 Å². The van der Waals surface area contributed by atoms with Crippen LogP contribution in [0.15, 0.2) is 18.2 Å². The van der Waals surface area contributed by atoms with Crippen molar-refractivity contribution in [2.75, 3.05) is 0 Å². The smallest absolute Gasteiger partial charge is 0.0992 e. The summed E-state index contributed by atoms with van der Waals surface area (Å²) < 4.78 is 0. The molecule has 0 radical (unpaired) electrons. The van der Waals surface area contributed by atoms with Crippen LogP contribution in [0, 0.1) is 11.3 Å². The second kappa shape index (κ2) is 6.05. The summed E-state index contributed by atoms with van der Waals surface area (Å²) in [5.41, 5.74) is 1.70. The van der Waals surface area contributed by atoms with Crippen LogP contribution in [0.5, 0.6) is 0 Å². The van der Waals surface area contributed by atoms with Crippen LogP contribution < -0.4 is 5.32 Å². The van der Waals surface area contributed by atoms with Crippen molar-refractivity contribution in [2.45, 2.75) is 44.7 Å². The molecule has 0 spiro atoms. The van der Waals surface area contributed by atoms with Gasteiger partial charge in [-0.05, 0) is 30.5 Å². The number of hydrogen-bond donors (Lipinski definition) is 1. The van der Waals surface area contributed by atoms with Gasteiger partial charge >= 0.3 is 0 Å². The van der Waals surface area contributed by atoms with E-state index in [0.717, 1.165) is 12.1 Å². The number of nitriles is 1. The minimum Gasteiger partial charge on any atom is -0.310 e. The van der Waals surface area contributed by atoms with Crippen LogP contribution >= 0.6 is 11.6 Å². The Morgan fingerprint density at radius 3 is 2.71 bits per heavy atom. The lowest BCUT2D eigenvalue weighted by molar-refractivity contribution is 0.372. The van der Waals surface area contributed by atoms with E-state index < -0.39 is 0 Å². The molecule has 0 atom stereocenters. The molecule has 1 aromatic rings. The fourth-order valence-corrected chi connectivity index (χ4v) is 2.57. The third kappa shape index (κ3) is 3.46. The Hall–Kier alpha value is -1.04. The highest BCUT2D eigenvalue weighted by molar-refractivity contribution is 6.31. The zero-order valence-corrected chi connectivity index (χ0v) is 10.6. The Kier molecular flexibility index (Phi) is 4.42. The van der Waals surface area contributed by atoms with Gasteiger partial charge in [-0.15, -0.1) is 0 Å². The van der Waals surface area contributed by atoms with Gasteiger partial charge in [0.2, 0.25) is 0 Å². The zero-order valence-electron chi connectivity index (χ0n) is 9.88. The lowest BCUT2D eigenvalue weighted by Gasteiger charge is -2.23. The van der Waals surface area contributed by atoms with Crippen LogP contribution in [0.2, 0.25) is 5.02 Å². The van der Waals surface area contributed by atoms with Crippen LogP contribution in [0.4, 0.5) is 0 Å². The zero-order chi connectivity index (χ0) is 12.1. The monoisotopic (exact) mass is 248 g/mol. The van der Waals surface area contributed by atoms with Crippen LogP contribution in [0.1, 0.15) is 43.2 Å². The predicted molar refractivity (Wildman–Crippen MR) is 69.9 cm³/mol. The molecule has 0 amide bonds. The predicted octanol–water partition coefficient (Wildman–Crippen LogP) is 3.63. The molecule has 1 fully saturated rings. The van der Waals surface area contributed by atoms with Crippen molar-refractivity contribution >= 4 is 11.6 Å². The summed E-state index contributed by atoms with van der Waals surface area (Å²) in [7, 11) is 0. The molecule has 0 aromatic heterocycles. The topological polar surface area (TPSA) is 35.8 Å². The molecular formula is C14H17ClN2. The van der Waals surface area contributed by atoms with E-state index in [2.05, 4.69) is 11.4 Å². The Morgan fingerprint density at radius 2 is 2.06 bits per heavy atom. The molecular weight excluding hydrogens is 232 g/mol. The van der Waals surface area contributed by atoms with Crippen LogP contribution in [0.25, 0.3) is 0 Å². The standard InChI is InChI=1S/C14H17ClN2/c15-14-8-11(9-16)6-7-12(14)10-17-13-4-2-1-3-5-13/h6-8,13,17H,1-5,10H2. The van der Waals surface area contributed by atoms with Gasteiger partial charge in [0.25, 0.3) is 0 Å². The molecule has 0 aliphatic heterocycles. The SMILES string of the molecule is N#Cc1ccc(CNC2CCCCC2)c(Cl)c1. The van der Waals surface area contributed by atoms with Gasteiger partial charge in [-0.1, -0.05) is 36.9 Å². The van der Waals surface area contributed by atoms with Gasteiger partial charge in [-0.2, -0.15) is 5.26 Å². The molecule has 0 heterocycles. The largest absolute Gasteiger partial charge is 0.310 e. The summed E-state index contributed by atoms with van der Waals surface area (Å²) in [6, 6.07) is 8.23. The summed E-state index contributed by atoms with van der Waals surface area (Å²) in [5.74, 6) is 0. The van der Waals surface area contributed by atoms with Gasteiger partial charge in [-0.25, -0.2) is 0 Å². The van der Waals surface area contributed by atoms with Gasteiger partial charge in [-0.3, -0.25) is 0 Å². The first-order valence-corrected chi connectivity index (χ1v) is 6.59. The second-order valence-electron chi connectivity index (χ2n) is 4.63. The number of nitrogens with zero attached hydrogens (tertiary/aromatic N) is 1. The lowest BCUT2D eigenvalue weighted by atomic mass is 9.95. The molecule has 0 unspecified atom stereocenters. The first-order valence-electron chi connectivity index (χ1n) is 6.21. The summed E-state index contributed by atoms with van der Waals surface area (Å²) >= 11 is 6.13. The Labute approximate surface area is 108 Å². The van der Waals surface area contributed by atoms with E-state index >= 15 is 0 Å². The van der Waals surface area contributed by atoms with E-state index in [9.17, 15) is 0 Å². The Balaban J connectivity index is 1.92. The molecule has 1 aromatic carbocycles. The molecule has 17 heavy (non-hydrogen) atoms. The Bertz CT molecular complexity index is 417. The molecule has 1 saturated carbocycles. The summed E-state index contributed by atoms with van der Waals surface area (Å²) in [5, 5.41) is 13.0. The number of nitrogens with one attached hydrogen (secondary N) is 1. The lowest BCUT2D eigenvalue weighted by Crippen LogP contribution is -2.30. The molecule has 90 valence electrons. The normalized spacial score (nSPS) is 16.7. The van der Waals surface area contributed by atoms with E-state index in [1.54, 1.807) is 6.07 Å². The van der Waals surface area contributed by atoms with Crippen molar-refractivity contribution in [1.82, 2.24) is 5.32 Å². The minimum absolute atomic E-state index is 0.622.